The van der Waals surface area contributed by atoms with Gasteiger partial charge in [-0.2, -0.15) is 0 Å². The number of tetrazole rings is 1. The van der Waals surface area contributed by atoms with Crippen molar-refractivity contribution in [2.24, 2.45) is 0 Å². The average Bonchev–Trinajstić information content (AvgIpc) is 3.09. The summed E-state index contributed by atoms with van der Waals surface area (Å²) in [6, 6.07) is 4.73. The summed E-state index contributed by atoms with van der Waals surface area (Å²) in [6.45, 7) is 0. The number of halogens is 1. The lowest BCUT2D eigenvalue weighted by atomic mass is 10.1. The molecule has 0 saturated heterocycles. The molecule has 7 heteroatoms. The van der Waals surface area contributed by atoms with E-state index in [0.29, 0.717) is 5.82 Å². The number of benzene rings is 1. The van der Waals surface area contributed by atoms with Crippen LogP contribution in [0.25, 0.3) is 11.4 Å². The monoisotopic (exact) mass is 277 g/mol. The third kappa shape index (κ3) is 2.24. The molecule has 2 atom stereocenters. The molecule has 0 radical (unpaired) electrons. The molecule has 0 aliphatic heterocycles. The van der Waals surface area contributed by atoms with Crippen LogP contribution in [0.4, 0.5) is 10.1 Å². The lowest BCUT2D eigenvalue weighted by molar-refractivity contribution is 0.105. The Balaban J connectivity index is 1.92. The molecule has 1 aliphatic rings. The minimum absolute atomic E-state index is 0.0956. The maximum absolute atomic E-state index is 13.2. The molecule has 20 heavy (non-hydrogen) atoms. The highest BCUT2D eigenvalue weighted by atomic mass is 19.1. The van der Waals surface area contributed by atoms with E-state index in [9.17, 15) is 4.39 Å². The molecule has 2 unspecified atom stereocenters. The second kappa shape index (κ2) is 5.16. The number of methoxy groups -OCH3 is 1. The van der Waals surface area contributed by atoms with Gasteiger partial charge in [-0.15, -0.1) is 5.10 Å². The SMILES string of the molecule is COC1CCC(n2nnnc2-c2ccc(F)c(N)c2)C1. The van der Waals surface area contributed by atoms with Crippen molar-refractivity contribution in [3.05, 3.63) is 24.0 Å². The summed E-state index contributed by atoms with van der Waals surface area (Å²) < 4.78 is 20.4. The first kappa shape index (κ1) is 13.0. The van der Waals surface area contributed by atoms with Crippen molar-refractivity contribution >= 4 is 5.69 Å². The van der Waals surface area contributed by atoms with E-state index >= 15 is 0 Å². The topological polar surface area (TPSA) is 78.8 Å². The number of nitrogen functional groups attached to an aromatic ring is 1. The van der Waals surface area contributed by atoms with Gasteiger partial charge in [0.15, 0.2) is 5.82 Å². The molecule has 0 amide bonds. The van der Waals surface area contributed by atoms with Crippen LogP contribution in [0.5, 0.6) is 0 Å². The second-order valence-corrected chi connectivity index (χ2v) is 5.01. The summed E-state index contributed by atoms with van der Waals surface area (Å²) in [5, 5.41) is 11.8. The first-order chi connectivity index (χ1) is 9.69. The van der Waals surface area contributed by atoms with Crippen LogP contribution in [0.3, 0.4) is 0 Å². The van der Waals surface area contributed by atoms with E-state index in [4.69, 9.17) is 10.5 Å². The van der Waals surface area contributed by atoms with Crippen molar-refractivity contribution < 1.29 is 9.13 Å². The van der Waals surface area contributed by atoms with E-state index in [1.165, 1.54) is 6.07 Å². The summed E-state index contributed by atoms with van der Waals surface area (Å²) in [5.41, 5.74) is 6.41. The third-order valence-electron chi connectivity index (χ3n) is 3.78. The van der Waals surface area contributed by atoms with Crippen molar-refractivity contribution in [2.75, 3.05) is 12.8 Å². The van der Waals surface area contributed by atoms with E-state index < -0.39 is 5.82 Å². The fraction of sp³-hybridized carbons (Fsp3) is 0.462. The Morgan fingerprint density at radius 2 is 2.25 bits per heavy atom. The van der Waals surface area contributed by atoms with Gasteiger partial charge in [0.2, 0.25) is 0 Å². The second-order valence-electron chi connectivity index (χ2n) is 5.01. The molecular weight excluding hydrogens is 261 g/mol. The predicted octanol–water partition coefficient (Wildman–Crippen LogP) is 1.80. The van der Waals surface area contributed by atoms with Crippen LogP contribution in [0, 0.1) is 5.82 Å². The van der Waals surface area contributed by atoms with Gasteiger partial charge in [-0.3, -0.25) is 0 Å². The fourth-order valence-electron chi connectivity index (χ4n) is 2.67. The van der Waals surface area contributed by atoms with E-state index in [1.54, 1.807) is 23.9 Å². The van der Waals surface area contributed by atoms with E-state index in [2.05, 4.69) is 15.5 Å². The average molecular weight is 277 g/mol. The van der Waals surface area contributed by atoms with Gasteiger partial charge in [0.05, 0.1) is 17.8 Å². The highest BCUT2D eigenvalue weighted by Gasteiger charge is 2.28. The van der Waals surface area contributed by atoms with Gasteiger partial charge in [0.25, 0.3) is 0 Å². The maximum Gasteiger partial charge on any atom is 0.182 e. The zero-order valence-corrected chi connectivity index (χ0v) is 11.2. The Kier molecular flexibility index (Phi) is 3.35. The van der Waals surface area contributed by atoms with Gasteiger partial charge in [-0.25, -0.2) is 9.07 Å². The molecule has 3 rings (SSSR count). The van der Waals surface area contributed by atoms with E-state index in [1.807, 2.05) is 0 Å². The molecule has 1 aromatic heterocycles. The van der Waals surface area contributed by atoms with Crippen molar-refractivity contribution in [3.63, 3.8) is 0 Å². The van der Waals surface area contributed by atoms with Gasteiger partial charge in [0, 0.05) is 12.7 Å². The highest BCUT2D eigenvalue weighted by molar-refractivity contribution is 5.61. The standard InChI is InChI=1S/C13H16FN5O/c1-20-10-4-3-9(7-10)19-13(16-17-18-19)8-2-5-11(14)12(15)6-8/h2,5-6,9-10H,3-4,7,15H2,1H3. The van der Waals surface area contributed by atoms with Crippen LogP contribution in [0.1, 0.15) is 25.3 Å². The quantitative estimate of drug-likeness (QED) is 0.865. The summed E-state index contributed by atoms with van der Waals surface area (Å²) in [6.07, 6.45) is 3.08. The Hall–Kier alpha value is -2.02. The molecule has 2 N–H and O–H groups in total. The lowest BCUT2D eigenvalue weighted by Crippen LogP contribution is -2.11. The molecule has 1 aromatic carbocycles. The first-order valence-electron chi connectivity index (χ1n) is 6.55. The molecule has 1 fully saturated rings. The molecular formula is C13H16FN5O. The van der Waals surface area contributed by atoms with Gasteiger partial charge in [-0.05, 0) is 47.9 Å². The van der Waals surface area contributed by atoms with Crippen LogP contribution in [0.2, 0.25) is 0 Å². The number of ether oxygens (including phenoxy) is 1. The van der Waals surface area contributed by atoms with Gasteiger partial charge in [0.1, 0.15) is 5.82 Å². The number of nitrogens with zero attached hydrogens (tertiary/aromatic N) is 4. The Bertz CT molecular complexity index is 615. The lowest BCUT2D eigenvalue weighted by Gasteiger charge is -2.12. The Labute approximate surface area is 115 Å². The van der Waals surface area contributed by atoms with Crippen LogP contribution in [-0.4, -0.2) is 33.4 Å². The minimum Gasteiger partial charge on any atom is -0.396 e. The molecule has 1 aliphatic carbocycles. The fourth-order valence-corrected chi connectivity index (χ4v) is 2.67. The number of anilines is 1. The number of hydrogen-bond donors (Lipinski definition) is 1. The van der Waals surface area contributed by atoms with Crippen LogP contribution in [0.15, 0.2) is 18.2 Å². The molecule has 1 heterocycles. The molecule has 0 spiro atoms. The molecule has 0 bridgehead atoms. The van der Waals surface area contributed by atoms with Crippen LogP contribution in [-0.2, 0) is 4.74 Å². The van der Waals surface area contributed by atoms with E-state index in [-0.39, 0.29) is 17.8 Å². The number of hydrogen-bond acceptors (Lipinski definition) is 5. The molecule has 2 aromatic rings. The largest absolute Gasteiger partial charge is 0.396 e. The minimum atomic E-state index is -0.437. The third-order valence-corrected chi connectivity index (χ3v) is 3.78. The predicted molar refractivity (Wildman–Crippen MR) is 71.3 cm³/mol. The number of aromatic nitrogens is 4. The van der Waals surface area contributed by atoms with Crippen molar-refractivity contribution in [3.8, 4) is 11.4 Å². The number of nitrogens with two attached hydrogens (primary N) is 1. The maximum atomic E-state index is 13.2. The van der Waals surface area contributed by atoms with Crippen molar-refractivity contribution in [1.82, 2.24) is 20.2 Å². The summed E-state index contributed by atoms with van der Waals surface area (Å²) in [5.74, 6) is 0.173. The molecule has 1 saturated carbocycles. The van der Waals surface area contributed by atoms with Gasteiger partial charge in [-0.1, -0.05) is 0 Å². The normalized spacial score (nSPS) is 22.3. The van der Waals surface area contributed by atoms with Gasteiger partial charge >= 0.3 is 0 Å². The Morgan fingerprint density at radius 1 is 1.40 bits per heavy atom. The zero-order valence-electron chi connectivity index (χ0n) is 11.2. The summed E-state index contributed by atoms with van der Waals surface area (Å²) in [4.78, 5) is 0. The molecule has 106 valence electrons. The molecule has 6 nitrogen and oxygen atoms in total. The van der Waals surface area contributed by atoms with E-state index in [0.717, 1.165) is 24.8 Å². The van der Waals surface area contributed by atoms with Crippen LogP contribution < -0.4 is 5.73 Å². The van der Waals surface area contributed by atoms with Gasteiger partial charge < -0.3 is 10.5 Å². The smallest absolute Gasteiger partial charge is 0.182 e. The summed E-state index contributed by atoms with van der Waals surface area (Å²) >= 11 is 0. The van der Waals surface area contributed by atoms with Crippen molar-refractivity contribution in [1.29, 1.82) is 0 Å². The zero-order chi connectivity index (χ0) is 14.1. The first-order valence-corrected chi connectivity index (χ1v) is 6.55. The van der Waals surface area contributed by atoms with Crippen LogP contribution >= 0.6 is 0 Å². The number of rotatable bonds is 3. The Morgan fingerprint density at radius 3 is 2.95 bits per heavy atom. The van der Waals surface area contributed by atoms with Crippen molar-refractivity contribution in [2.45, 2.75) is 31.4 Å². The highest BCUT2D eigenvalue weighted by Crippen LogP contribution is 2.33. The summed E-state index contributed by atoms with van der Waals surface area (Å²) in [7, 11) is 1.72.